The molecule has 1 aromatic heterocycles. The predicted octanol–water partition coefficient (Wildman–Crippen LogP) is 7.12. The molecular weight excluding hydrogens is 352 g/mol. The van der Waals surface area contributed by atoms with E-state index in [1.807, 2.05) is 11.3 Å². The van der Waals surface area contributed by atoms with E-state index >= 15 is 0 Å². The molecule has 0 bridgehead atoms. The van der Waals surface area contributed by atoms with Gasteiger partial charge in [-0.15, -0.1) is 11.3 Å². The third-order valence-electron chi connectivity index (χ3n) is 4.32. The van der Waals surface area contributed by atoms with Gasteiger partial charge in [-0.3, -0.25) is 0 Å². The summed E-state index contributed by atoms with van der Waals surface area (Å²) in [6, 6.07) is 24.1. The van der Waals surface area contributed by atoms with Gasteiger partial charge in [-0.2, -0.15) is 0 Å². The van der Waals surface area contributed by atoms with Crippen molar-refractivity contribution in [1.29, 1.82) is 0 Å². The standard InChI is InChI=1S/C20H11BrS/c21-16-11-18-20(15-8-4-3-7-14(15)16)19-13-6-2-1-5-12(13)9-10-17(19)22-18/h1-11H. The van der Waals surface area contributed by atoms with Crippen molar-refractivity contribution in [3.8, 4) is 0 Å². The van der Waals surface area contributed by atoms with Gasteiger partial charge in [-0.05, 0) is 33.7 Å². The monoisotopic (exact) mass is 362 g/mol. The van der Waals surface area contributed by atoms with Gasteiger partial charge in [0.1, 0.15) is 0 Å². The maximum absolute atomic E-state index is 3.73. The van der Waals surface area contributed by atoms with Crippen molar-refractivity contribution < 1.29 is 0 Å². The number of thiophene rings is 1. The van der Waals surface area contributed by atoms with E-state index < -0.39 is 0 Å². The molecule has 4 aromatic carbocycles. The molecule has 0 unspecified atom stereocenters. The first-order chi connectivity index (χ1) is 10.8. The zero-order valence-corrected chi connectivity index (χ0v) is 14.0. The van der Waals surface area contributed by atoms with Crippen molar-refractivity contribution in [3.63, 3.8) is 0 Å². The zero-order chi connectivity index (χ0) is 14.7. The fourth-order valence-electron chi connectivity index (χ4n) is 3.36. The molecule has 0 N–H and O–H groups in total. The summed E-state index contributed by atoms with van der Waals surface area (Å²) in [4.78, 5) is 0. The zero-order valence-electron chi connectivity index (χ0n) is 11.6. The van der Waals surface area contributed by atoms with E-state index in [-0.39, 0.29) is 0 Å². The molecule has 0 atom stereocenters. The Labute approximate surface area is 140 Å². The minimum absolute atomic E-state index is 1.17. The molecule has 0 aliphatic heterocycles. The van der Waals surface area contributed by atoms with E-state index in [0.717, 1.165) is 0 Å². The maximum atomic E-state index is 3.73. The van der Waals surface area contributed by atoms with Gasteiger partial charge < -0.3 is 0 Å². The largest absolute Gasteiger partial charge is 0.135 e. The average molecular weight is 363 g/mol. The van der Waals surface area contributed by atoms with Crippen LogP contribution >= 0.6 is 27.3 Å². The molecule has 22 heavy (non-hydrogen) atoms. The van der Waals surface area contributed by atoms with Crippen LogP contribution in [-0.2, 0) is 0 Å². The molecule has 0 amide bonds. The highest BCUT2D eigenvalue weighted by atomic mass is 79.9. The van der Waals surface area contributed by atoms with E-state index in [1.54, 1.807) is 0 Å². The second-order valence-corrected chi connectivity index (χ2v) is 7.48. The lowest BCUT2D eigenvalue weighted by Crippen LogP contribution is -1.78. The molecule has 0 nitrogen and oxygen atoms in total. The molecule has 2 heteroatoms. The van der Waals surface area contributed by atoms with Crippen LogP contribution in [0, 0.1) is 0 Å². The Kier molecular flexibility index (Phi) is 2.61. The summed E-state index contributed by atoms with van der Waals surface area (Å²) in [6.45, 7) is 0. The number of hydrogen-bond acceptors (Lipinski definition) is 1. The fraction of sp³-hybridized carbons (Fsp3) is 0. The first kappa shape index (κ1) is 12.6. The van der Waals surface area contributed by atoms with E-state index in [9.17, 15) is 0 Å². The van der Waals surface area contributed by atoms with Crippen LogP contribution in [0.3, 0.4) is 0 Å². The quantitative estimate of drug-likeness (QED) is 0.275. The molecule has 104 valence electrons. The first-order valence-corrected chi connectivity index (χ1v) is 8.85. The lowest BCUT2D eigenvalue weighted by molar-refractivity contribution is 1.78. The highest BCUT2D eigenvalue weighted by molar-refractivity contribution is 9.10. The smallest absolute Gasteiger partial charge is 0.0373 e. The summed E-state index contributed by atoms with van der Waals surface area (Å²) in [5, 5.41) is 8.04. The molecule has 1 heterocycles. The van der Waals surface area contributed by atoms with E-state index in [0.29, 0.717) is 0 Å². The van der Waals surface area contributed by atoms with Crippen LogP contribution in [0.15, 0.2) is 71.2 Å². The van der Waals surface area contributed by atoms with Crippen LogP contribution < -0.4 is 0 Å². The van der Waals surface area contributed by atoms with E-state index in [4.69, 9.17) is 0 Å². The van der Waals surface area contributed by atoms with Gasteiger partial charge in [-0.25, -0.2) is 0 Å². The molecule has 0 fully saturated rings. The van der Waals surface area contributed by atoms with Gasteiger partial charge >= 0.3 is 0 Å². The molecule has 5 aromatic rings. The molecule has 0 aliphatic carbocycles. The summed E-state index contributed by atoms with van der Waals surface area (Å²) in [7, 11) is 0. The Bertz CT molecular complexity index is 1180. The Morgan fingerprint density at radius 3 is 2.18 bits per heavy atom. The molecule has 0 spiro atoms. The van der Waals surface area contributed by atoms with Crippen molar-refractivity contribution in [2.24, 2.45) is 0 Å². The highest BCUT2D eigenvalue weighted by Crippen LogP contribution is 2.43. The predicted molar refractivity (Wildman–Crippen MR) is 102 cm³/mol. The fourth-order valence-corrected chi connectivity index (χ4v) is 5.26. The van der Waals surface area contributed by atoms with E-state index in [2.05, 4.69) is 82.7 Å². The van der Waals surface area contributed by atoms with Gasteiger partial charge in [0.15, 0.2) is 0 Å². The topological polar surface area (TPSA) is 0 Å². The van der Waals surface area contributed by atoms with Gasteiger partial charge in [-0.1, -0.05) is 70.5 Å². The number of benzene rings is 4. The number of rotatable bonds is 0. The third-order valence-corrected chi connectivity index (χ3v) is 6.08. The Balaban J connectivity index is 2.18. The second kappa shape index (κ2) is 4.55. The Morgan fingerprint density at radius 2 is 1.32 bits per heavy atom. The number of hydrogen-bond donors (Lipinski definition) is 0. The van der Waals surface area contributed by atoms with Crippen molar-refractivity contribution >= 4 is 69.0 Å². The van der Waals surface area contributed by atoms with Gasteiger partial charge in [0, 0.05) is 24.6 Å². The van der Waals surface area contributed by atoms with Crippen molar-refractivity contribution in [3.05, 3.63) is 71.2 Å². The molecule has 0 saturated carbocycles. The second-order valence-electron chi connectivity index (χ2n) is 5.54. The summed E-state index contributed by atoms with van der Waals surface area (Å²) in [5.74, 6) is 0. The lowest BCUT2D eigenvalue weighted by atomic mass is 10.00. The van der Waals surface area contributed by atoms with Crippen molar-refractivity contribution in [1.82, 2.24) is 0 Å². The van der Waals surface area contributed by atoms with Crippen LogP contribution in [0.2, 0.25) is 0 Å². The first-order valence-electron chi connectivity index (χ1n) is 7.24. The molecule has 0 aliphatic rings. The SMILES string of the molecule is Brc1cc2sc3ccc4ccccc4c3c2c2ccccc12. The molecular formula is C20H11BrS. The molecule has 0 radical (unpaired) electrons. The van der Waals surface area contributed by atoms with Gasteiger partial charge in [0.05, 0.1) is 0 Å². The van der Waals surface area contributed by atoms with Crippen LogP contribution in [0.25, 0.3) is 41.7 Å². The van der Waals surface area contributed by atoms with Crippen LogP contribution in [0.5, 0.6) is 0 Å². The number of fused-ring (bicyclic) bond motifs is 7. The van der Waals surface area contributed by atoms with Gasteiger partial charge in [0.25, 0.3) is 0 Å². The van der Waals surface area contributed by atoms with Crippen LogP contribution in [0.1, 0.15) is 0 Å². The number of halogens is 1. The summed E-state index contributed by atoms with van der Waals surface area (Å²) in [6.07, 6.45) is 0. The van der Waals surface area contributed by atoms with Crippen molar-refractivity contribution in [2.45, 2.75) is 0 Å². The Morgan fingerprint density at radius 1 is 0.636 bits per heavy atom. The molecule has 0 saturated heterocycles. The highest BCUT2D eigenvalue weighted by Gasteiger charge is 2.13. The summed E-state index contributed by atoms with van der Waals surface area (Å²) in [5.41, 5.74) is 0. The van der Waals surface area contributed by atoms with Crippen molar-refractivity contribution in [2.75, 3.05) is 0 Å². The minimum Gasteiger partial charge on any atom is -0.135 e. The normalized spacial score (nSPS) is 11.9. The average Bonchev–Trinajstić information content (AvgIpc) is 2.94. The summed E-state index contributed by atoms with van der Waals surface area (Å²) < 4.78 is 3.88. The Hall–Kier alpha value is -1.90. The molecule has 5 rings (SSSR count). The van der Waals surface area contributed by atoms with E-state index in [1.165, 1.54) is 46.2 Å². The third kappa shape index (κ3) is 1.62. The van der Waals surface area contributed by atoms with Crippen LogP contribution in [0.4, 0.5) is 0 Å². The maximum Gasteiger partial charge on any atom is 0.0373 e. The van der Waals surface area contributed by atoms with Gasteiger partial charge in [0.2, 0.25) is 0 Å². The summed E-state index contributed by atoms with van der Waals surface area (Å²) >= 11 is 5.61. The van der Waals surface area contributed by atoms with Crippen LogP contribution in [-0.4, -0.2) is 0 Å². The lowest BCUT2D eigenvalue weighted by Gasteiger charge is -2.05. The minimum atomic E-state index is 1.17.